The molecule has 5 heteroatoms. The predicted molar refractivity (Wildman–Crippen MR) is 73.2 cm³/mol. The second-order valence-electron chi connectivity index (χ2n) is 3.61. The van der Waals surface area contributed by atoms with Crippen molar-refractivity contribution in [2.45, 2.75) is 27.2 Å². The van der Waals surface area contributed by atoms with Crippen LogP contribution in [-0.2, 0) is 19.1 Å². The van der Waals surface area contributed by atoms with E-state index >= 15 is 0 Å². The van der Waals surface area contributed by atoms with E-state index in [4.69, 9.17) is 9.47 Å². The molecule has 0 N–H and O–H groups in total. The largest absolute Gasteiger partial charge is 0.465 e. The number of carbonyl (C=O) groups excluding carboxylic acids is 2. The first-order valence-corrected chi connectivity index (χ1v) is 6.55. The standard InChI is InChI=1S/C13H19BrO4/c1-5-8-13(9-10(4)14,11(15)17-6-2)12(16)18-7-3/h5,8H,4,6-7,9H2,1-3H3. The van der Waals surface area contributed by atoms with Crippen LogP contribution in [0.2, 0.25) is 0 Å². The van der Waals surface area contributed by atoms with Crippen molar-refractivity contribution >= 4 is 27.9 Å². The molecule has 0 spiro atoms. The molecule has 0 fully saturated rings. The molecular formula is C13H19BrO4. The molecule has 18 heavy (non-hydrogen) atoms. The summed E-state index contributed by atoms with van der Waals surface area (Å²) in [5.74, 6) is -1.25. The Labute approximate surface area is 116 Å². The number of ether oxygens (including phenoxy) is 2. The quantitative estimate of drug-likeness (QED) is 0.411. The van der Waals surface area contributed by atoms with Gasteiger partial charge in [0, 0.05) is 6.42 Å². The van der Waals surface area contributed by atoms with E-state index in [0.29, 0.717) is 4.48 Å². The van der Waals surface area contributed by atoms with Gasteiger partial charge in [-0.3, -0.25) is 9.59 Å². The summed E-state index contributed by atoms with van der Waals surface area (Å²) < 4.78 is 10.5. The van der Waals surface area contributed by atoms with Crippen molar-refractivity contribution < 1.29 is 19.1 Å². The van der Waals surface area contributed by atoms with Gasteiger partial charge in [0.2, 0.25) is 0 Å². The maximum Gasteiger partial charge on any atom is 0.327 e. The lowest BCUT2D eigenvalue weighted by Crippen LogP contribution is -2.40. The monoisotopic (exact) mass is 318 g/mol. The molecule has 0 atom stereocenters. The molecule has 0 saturated carbocycles. The van der Waals surface area contributed by atoms with Crippen LogP contribution < -0.4 is 0 Å². The fourth-order valence-electron chi connectivity index (χ4n) is 1.53. The van der Waals surface area contributed by atoms with Gasteiger partial charge in [0.25, 0.3) is 0 Å². The first-order valence-electron chi connectivity index (χ1n) is 5.76. The van der Waals surface area contributed by atoms with Gasteiger partial charge in [0.05, 0.1) is 13.2 Å². The highest BCUT2D eigenvalue weighted by atomic mass is 79.9. The molecule has 0 unspecified atom stereocenters. The Morgan fingerprint density at radius 2 is 1.67 bits per heavy atom. The van der Waals surface area contributed by atoms with Gasteiger partial charge in [-0.2, -0.15) is 0 Å². The topological polar surface area (TPSA) is 52.6 Å². The van der Waals surface area contributed by atoms with E-state index < -0.39 is 17.4 Å². The minimum absolute atomic E-state index is 0.106. The minimum Gasteiger partial charge on any atom is -0.465 e. The van der Waals surface area contributed by atoms with Crippen LogP contribution in [0.25, 0.3) is 0 Å². The van der Waals surface area contributed by atoms with Crippen LogP contribution in [0, 0.1) is 5.41 Å². The van der Waals surface area contributed by atoms with Crippen LogP contribution in [0.15, 0.2) is 23.2 Å². The van der Waals surface area contributed by atoms with Gasteiger partial charge in [-0.15, -0.1) is 0 Å². The van der Waals surface area contributed by atoms with Crippen molar-refractivity contribution in [3.05, 3.63) is 23.2 Å². The number of hydrogen-bond acceptors (Lipinski definition) is 4. The van der Waals surface area contributed by atoms with Crippen LogP contribution in [0.5, 0.6) is 0 Å². The lowest BCUT2D eigenvalue weighted by atomic mass is 9.84. The smallest absolute Gasteiger partial charge is 0.327 e. The van der Waals surface area contributed by atoms with Crippen LogP contribution >= 0.6 is 15.9 Å². The third-order valence-electron chi connectivity index (χ3n) is 2.20. The van der Waals surface area contributed by atoms with E-state index in [2.05, 4.69) is 22.5 Å². The molecule has 0 aromatic carbocycles. The number of halogens is 1. The third kappa shape index (κ3) is 4.29. The van der Waals surface area contributed by atoms with Gasteiger partial charge in [-0.05, 0) is 25.3 Å². The average Bonchev–Trinajstić information content (AvgIpc) is 2.28. The highest BCUT2D eigenvalue weighted by Gasteiger charge is 2.46. The molecular weight excluding hydrogens is 300 g/mol. The van der Waals surface area contributed by atoms with Gasteiger partial charge < -0.3 is 9.47 Å². The fraction of sp³-hybridized carbons (Fsp3) is 0.538. The number of rotatable bonds is 7. The third-order valence-corrected chi connectivity index (χ3v) is 2.48. The van der Waals surface area contributed by atoms with E-state index in [0.717, 1.165) is 0 Å². The molecule has 0 saturated heterocycles. The van der Waals surface area contributed by atoms with E-state index in [9.17, 15) is 9.59 Å². The number of esters is 2. The first-order chi connectivity index (χ1) is 8.44. The Bertz CT molecular complexity index is 329. The lowest BCUT2D eigenvalue weighted by molar-refractivity contribution is -0.167. The summed E-state index contributed by atoms with van der Waals surface area (Å²) in [6, 6.07) is 0. The summed E-state index contributed by atoms with van der Waals surface area (Å²) in [6.07, 6.45) is 3.23. The number of carbonyl (C=O) groups is 2. The van der Waals surface area contributed by atoms with Crippen molar-refractivity contribution in [2.75, 3.05) is 13.2 Å². The Balaban J connectivity index is 5.47. The zero-order chi connectivity index (χ0) is 14.2. The summed E-state index contributed by atoms with van der Waals surface area (Å²) in [5.41, 5.74) is -1.46. The summed E-state index contributed by atoms with van der Waals surface area (Å²) in [5, 5.41) is 0. The van der Waals surface area contributed by atoms with Gasteiger partial charge in [-0.1, -0.05) is 34.7 Å². The van der Waals surface area contributed by atoms with Crippen LogP contribution in [-0.4, -0.2) is 25.2 Å². The average molecular weight is 319 g/mol. The molecule has 0 radical (unpaired) electrons. The highest BCUT2D eigenvalue weighted by Crippen LogP contribution is 2.33. The number of allylic oxidation sites excluding steroid dienone is 2. The van der Waals surface area contributed by atoms with Crippen LogP contribution in [0.3, 0.4) is 0 Å². The zero-order valence-corrected chi connectivity index (χ0v) is 12.6. The second-order valence-corrected chi connectivity index (χ2v) is 4.73. The van der Waals surface area contributed by atoms with Crippen molar-refractivity contribution in [1.29, 1.82) is 0 Å². The molecule has 0 aliphatic rings. The molecule has 0 rings (SSSR count). The Hall–Kier alpha value is -1.10. The van der Waals surface area contributed by atoms with Gasteiger partial charge in [0.1, 0.15) is 0 Å². The maximum atomic E-state index is 12.1. The molecule has 0 aromatic rings. The van der Waals surface area contributed by atoms with Gasteiger partial charge >= 0.3 is 11.9 Å². The summed E-state index contributed by atoms with van der Waals surface area (Å²) >= 11 is 3.18. The first kappa shape index (κ1) is 16.9. The highest BCUT2D eigenvalue weighted by molar-refractivity contribution is 9.11. The fourth-order valence-corrected chi connectivity index (χ4v) is 1.97. The van der Waals surface area contributed by atoms with Crippen molar-refractivity contribution in [2.24, 2.45) is 5.41 Å². The van der Waals surface area contributed by atoms with Crippen molar-refractivity contribution in [3.63, 3.8) is 0 Å². The van der Waals surface area contributed by atoms with E-state index in [-0.39, 0.29) is 19.6 Å². The second kappa shape index (κ2) is 8.08. The van der Waals surface area contributed by atoms with Gasteiger partial charge in [0.15, 0.2) is 5.41 Å². The van der Waals surface area contributed by atoms with Crippen LogP contribution in [0.4, 0.5) is 0 Å². The summed E-state index contributed by atoms with van der Waals surface area (Å²) in [7, 11) is 0. The Morgan fingerprint density at radius 3 is 1.94 bits per heavy atom. The van der Waals surface area contributed by atoms with Gasteiger partial charge in [-0.25, -0.2) is 0 Å². The molecule has 4 nitrogen and oxygen atoms in total. The van der Waals surface area contributed by atoms with Crippen molar-refractivity contribution in [1.82, 2.24) is 0 Å². The molecule has 0 aliphatic carbocycles. The lowest BCUT2D eigenvalue weighted by Gasteiger charge is -2.25. The molecule has 0 bridgehead atoms. The molecule has 0 amide bonds. The van der Waals surface area contributed by atoms with Crippen LogP contribution in [0.1, 0.15) is 27.2 Å². The van der Waals surface area contributed by atoms with Crippen molar-refractivity contribution in [3.8, 4) is 0 Å². The molecule has 0 heterocycles. The number of hydrogen-bond donors (Lipinski definition) is 0. The minimum atomic E-state index is -1.46. The molecule has 0 aliphatic heterocycles. The molecule has 102 valence electrons. The van der Waals surface area contributed by atoms with E-state index in [1.54, 1.807) is 26.8 Å². The Kier molecular flexibility index (Phi) is 7.59. The summed E-state index contributed by atoms with van der Waals surface area (Å²) in [6.45, 7) is 9.18. The van der Waals surface area contributed by atoms with E-state index in [1.165, 1.54) is 6.08 Å². The van der Waals surface area contributed by atoms with E-state index in [1.807, 2.05) is 0 Å². The zero-order valence-electron chi connectivity index (χ0n) is 11.0. The Morgan fingerprint density at radius 1 is 1.22 bits per heavy atom. The summed E-state index contributed by atoms with van der Waals surface area (Å²) in [4.78, 5) is 24.1. The SMILES string of the molecule is C=C(Br)CC(C=CC)(C(=O)OCC)C(=O)OCC. The molecule has 0 aromatic heterocycles. The maximum absolute atomic E-state index is 12.1. The predicted octanol–water partition coefficient (Wildman–Crippen LogP) is 2.97. The normalized spacial score (nSPS) is 11.3.